The Bertz CT molecular complexity index is 560. The van der Waals surface area contributed by atoms with Gasteiger partial charge in [-0.25, -0.2) is 0 Å². The van der Waals surface area contributed by atoms with Gasteiger partial charge in [0.05, 0.1) is 13.2 Å². The minimum absolute atomic E-state index is 0.0711. The Morgan fingerprint density at radius 3 is 2.39 bits per heavy atom. The first kappa shape index (κ1) is 13.1. The van der Waals surface area contributed by atoms with Crippen LogP contribution in [0.2, 0.25) is 0 Å². The van der Waals surface area contributed by atoms with Gasteiger partial charge in [-0.15, -0.1) is 11.3 Å². The summed E-state index contributed by atoms with van der Waals surface area (Å²) in [5.74, 6) is 0.897. The third kappa shape index (κ3) is 2.42. The van der Waals surface area contributed by atoms with Gasteiger partial charge in [0.1, 0.15) is 5.75 Å². The van der Waals surface area contributed by atoms with E-state index in [1.165, 1.54) is 15.3 Å². The second kappa shape index (κ2) is 5.12. The molecule has 0 spiro atoms. The average molecular weight is 261 g/mol. The molecule has 1 heterocycles. The van der Waals surface area contributed by atoms with Crippen LogP contribution < -0.4 is 10.5 Å². The molecule has 96 valence electrons. The topological polar surface area (TPSA) is 35.2 Å². The van der Waals surface area contributed by atoms with Crippen LogP contribution in [-0.2, 0) is 0 Å². The van der Waals surface area contributed by atoms with Gasteiger partial charge in [-0.3, -0.25) is 0 Å². The number of nitrogens with two attached hydrogens (primary N) is 1. The Morgan fingerprint density at radius 1 is 1.11 bits per heavy atom. The molecule has 0 saturated heterocycles. The molecule has 0 saturated carbocycles. The van der Waals surface area contributed by atoms with Crippen LogP contribution in [0.4, 0.5) is 0 Å². The van der Waals surface area contributed by atoms with E-state index in [0.717, 1.165) is 16.9 Å². The molecule has 0 aliphatic rings. The zero-order chi connectivity index (χ0) is 13.3. The van der Waals surface area contributed by atoms with Crippen molar-refractivity contribution in [3.63, 3.8) is 0 Å². The monoisotopic (exact) mass is 261 g/mol. The number of methoxy groups -OCH3 is 1. The van der Waals surface area contributed by atoms with Crippen molar-refractivity contribution in [2.24, 2.45) is 5.73 Å². The average Bonchev–Trinajstić information content (AvgIpc) is 2.68. The fourth-order valence-electron chi connectivity index (χ4n) is 2.15. The van der Waals surface area contributed by atoms with Gasteiger partial charge in [0.25, 0.3) is 0 Å². The first-order valence-corrected chi connectivity index (χ1v) is 6.81. The molecule has 3 heteroatoms. The van der Waals surface area contributed by atoms with Crippen LogP contribution in [0.15, 0.2) is 24.3 Å². The van der Waals surface area contributed by atoms with Crippen LogP contribution in [-0.4, -0.2) is 7.11 Å². The van der Waals surface area contributed by atoms with Crippen LogP contribution in [0.5, 0.6) is 5.75 Å². The number of hydrogen-bond acceptors (Lipinski definition) is 3. The highest BCUT2D eigenvalue weighted by Gasteiger charge is 2.15. The molecule has 1 aromatic carbocycles. The number of thiophene rings is 1. The van der Waals surface area contributed by atoms with Crippen molar-refractivity contribution < 1.29 is 4.74 Å². The molecule has 2 rings (SSSR count). The molecule has 0 aliphatic carbocycles. The molecule has 0 radical (unpaired) electrons. The number of hydrogen-bond donors (Lipinski definition) is 1. The van der Waals surface area contributed by atoms with Crippen molar-refractivity contribution in [3.8, 4) is 5.75 Å². The fraction of sp³-hybridized carbons (Fsp3) is 0.333. The summed E-state index contributed by atoms with van der Waals surface area (Å²) in [5.41, 5.74) is 9.86. The lowest BCUT2D eigenvalue weighted by Gasteiger charge is -2.14. The van der Waals surface area contributed by atoms with Gasteiger partial charge < -0.3 is 10.5 Å². The molecule has 2 nitrogen and oxygen atoms in total. The maximum absolute atomic E-state index is 6.36. The largest absolute Gasteiger partial charge is 0.496 e. The molecule has 2 N–H and O–H groups in total. The fourth-order valence-corrected chi connectivity index (χ4v) is 3.22. The molecule has 0 aliphatic heterocycles. The van der Waals surface area contributed by atoms with Crippen LogP contribution in [0.25, 0.3) is 0 Å². The lowest BCUT2D eigenvalue weighted by Crippen LogP contribution is -2.11. The summed E-state index contributed by atoms with van der Waals surface area (Å²) in [6.07, 6.45) is 0. The van der Waals surface area contributed by atoms with E-state index in [2.05, 4.69) is 32.0 Å². The third-order valence-electron chi connectivity index (χ3n) is 3.15. The van der Waals surface area contributed by atoms with Crippen LogP contribution in [0.1, 0.15) is 32.5 Å². The number of aryl methyl sites for hydroxylation is 3. The Kier molecular flexibility index (Phi) is 3.73. The smallest absolute Gasteiger partial charge is 0.122 e. The molecule has 0 amide bonds. The Hall–Kier alpha value is -1.32. The Labute approximate surface area is 112 Å². The number of ether oxygens (including phenoxy) is 1. The lowest BCUT2D eigenvalue weighted by atomic mass is 10.0. The summed E-state index contributed by atoms with van der Waals surface area (Å²) in [5, 5.41) is 0. The summed E-state index contributed by atoms with van der Waals surface area (Å²) in [6.45, 7) is 6.27. The van der Waals surface area contributed by atoms with Crippen LogP contribution >= 0.6 is 11.3 Å². The minimum Gasteiger partial charge on any atom is -0.496 e. The Balaban J connectivity index is 2.39. The third-order valence-corrected chi connectivity index (χ3v) is 4.39. The van der Waals surface area contributed by atoms with Gasteiger partial charge >= 0.3 is 0 Å². The molecule has 1 atom stereocenters. The minimum atomic E-state index is -0.0711. The van der Waals surface area contributed by atoms with Crippen molar-refractivity contribution in [1.82, 2.24) is 0 Å². The lowest BCUT2D eigenvalue weighted by molar-refractivity contribution is 0.411. The maximum Gasteiger partial charge on any atom is 0.122 e. The molecular weight excluding hydrogens is 242 g/mol. The van der Waals surface area contributed by atoms with E-state index >= 15 is 0 Å². The van der Waals surface area contributed by atoms with Crippen LogP contribution in [0.3, 0.4) is 0 Å². The first-order chi connectivity index (χ1) is 8.52. The van der Waals surface area contributed by atoms with E-state index in [4.69, 9.17) is 10.5 Å². The summed E-state index contributed by atoms with van der Waals surface area (Å²) in [4.78, 5) is 2.54. The zero-order valence-electron chi connectivity index (χ0n) is 11.3. The Morgan fingerprint density at radius 2 is 1.83 bits per heavy atom. The highest BCUT2D eigenvalue weighted by Crippen LogP contribution is 2.32. The van der Waals surface area contributed by atoms with Gasteiger partial charge in [-0.1, -0.05) is 12.1 Å². The maximum atomic E-state index is 6.36. The molecular formula is C15H19NOS. The second-order valence-electron chi connectivity index (χ2n) is 4.61. The van der Waals surface area contributed by atoms with Crippen molar-refractivity contribution >= 4 is 11.3 Å². The van der Waals surface area contributed by atoms with Gasteiger partial charge in [0, 0.05) is 9.75 Å². The standard InChI is InChI=1S/C15H19NOS/c1-9-5-6-12(8-13(9)17-4)14(16)15-10(2)7-11(3)18-15/h5-8,14H,16H2,1-4H3. The molecule has 1 aromatic heterocycles. The summed E-state index contributed by atoms with van der Waals surface area (Å²) in [6, 6.07) is 8.29. The van der Waals surface area contributed by atoms with E-state index in [9.17, 15) is 0 Å². The van der Waals surface area contributed by atoms with E-state index in [0.29, 0.717) is 0 Å². The van der Waals surface area contributed by atoms with Gasteiger partial charge in [-0.05, 0) is 49.6 Å². The predicted molar refractivity (Wildman–Crippen MR) is 77.6 cm³/mol. The number of benzene rings is 1. The molecule has 0 fully saturated rings. The van der Waals surface area contributed by atoms with Crippen molar-refractivity contribution in [2.45, 2.75) is 26.8 Å². The number of rotatable bonds is 3. The summed E-state index contributed by atoms with van der Waals surface area (Å²) in [7, 11) is 1.69. The highest BCUT2D eigenvalue weighted by atomic mass is 32.1. The highest BCUT2D eigenvalue weighted by molar-refractivity contribution is 7.12. The van der Waals surface area contributed by atoms with Crippen molar-refractivity contribution in [1.29, 1.82) is 0 Å². The molecule has 18 heavy (non-hydrogen) atoms. The van der Waals surface area contributed by atoms with E-state index in [1.54, 1.807) is 18.4 Å². The SMILES string of the molecule is COc1cc(C(N)c2sc(C)cc2C)ccc1C. The van der Waals surface area contributed by atoms with Crippen LogP contribution in [0, 0.1) is 20.8 Å². The summed E-state index contributed by atoms with van der Waals surface area (Å²) >= 11 is 1.77. The van der Waals surface area contributed by atoms with Crippen molar-refractivity contribution in [3.05, 3.63) is 50.7 Å². The zero-order valence-corrected chi connectivity index (χ0v) is 12.1. The molecule has 0 bridgehead atoms. The predicted octanol–water partition coefficient (Wildman–Crippen LogP) is 3.73. The van der Waals surface area contributed by atoms with Gasteiger partial charge in [-0.2, -0.15) is 0 Å². The normalized spacial score (nSPS) is 12.5. The molecule has 2 aromatic rings. The van der Waals surface area contributed by atoms with Crippen molar-refractivity contribution in [2.75, 3.05) is 7.11 Å². The summed E-state index contributed by atoms with van der Waals surface area (Å²) < 4.78 is 5.35. The van der Waals surface area contributed by atoms with Gasteiger partial charge in [0.2, 0.25) is 0 Å². The van der Waals surface area contributed by atoms with E-state index < -0.39 is 0 Å². The first-order valence-electron chi connectivity index (χ1n) is 6.00. The quantitative estimate of drug-likeness (QED) is 0.913. The van der Waals surface area contributed by atoms with Gasteiger partial charge in [0.15, 0.2) is 0 Å². The van der Waals surface area contributed by atoms with E-state index in [1.807, 2.05) is 13.0 Å². The van der Waals surface area contributed by atoms with E-state index in [-0.39, 0.29) is 6.04 Å². The molecule has 1 unspecified atom stereocenters. The second-order valence-corrected chi connectivity index (χ2v) is 5.90.